The molecular formula is C23H21ClN4O2S. The second kappa shape index (κ2) is 8.05. The monoisotopic (exact) mass is 452 g/mol. The van der Waals surface area contributed by atoms with Gasteiger partial charge in [0.1, 0.15) is 5.82 Å². The van der Waals surface area contributed by atoms with E-state index in [2.05, 4.69) is 5.32 Å². The molecule has 3 heterocycles. The zero-order valence-electron chi connectivity index (χ0n) is 17.0. The number of aryl methyl sites for hydroxylation is 1. The number of hydrogen-bond donors (Lipinski definition) is 1. The Hall–Kier alpha value is -2.77. The average Bonchev–Trinajstić information content (AvgIpc) is 3.45. The molecule has 0 saturated carbocycles. The zero-order chi connectivity index (χ0) is 21.5. The number of nitrogens with zero attached hydrogens (tertiary/aromatic N) is 3. The van der Waals surface area contributed by atoms with Crippen LogP contribution in [-0.4, -0.2) is 28.1 Å². The molecule has 2 aromatic carbocycles. The van der Waals surface area contributed by atoms with Crippen molar-refractivity contribution in [2.45, 2.75) is 24.9 Å². The first-order valence-corrected chi connectivity index (χ1v) is 11.7. The molecule has 6 nitrogen and oxygen atoms in total. The van der Waals surface area contributed by atoms with Crippen molar-refractivity contribution in [1.29, 1.82) is 0 Å². The quantitative estimate of drug-likeness (QED) is 0.629. The molecule has 1 N–H and O–H groups in total. The van der Waals surface area contributed by atoms with Crippen LogP contribution in [0.15, 0.2) is 48.5 Å². The first kappa shape index (κ1) is 20.2. The van der Waals surface area contributed by atoms with E-state index in [1.54, 1.807) is 33.5 Å². The van der Waals surface area contributed by atoms with Gasteiger partial charge in [0, 0.05) is 40.7 Å². The van der Waals surface area contributed by atoms with Crippen LogP contribution in [0, 0.1) is 12.8 Å². The van der Waals surface area contributed by atoms with E-state index in [9.17, 15) is 9.59 Å². The molecule has 0 bridgehead atoms. The van der Waals surface area contributed by atoms with Crippen molar-refractivity contribution in [3.05, 3.63) is 70.4 Å². The molecule has 1 aromatic heterocycles. The van der Waals surface area contributed by atoms with Crippen molar-refractivity contribution in [3.63, 3.8) is 0 Å². The second-order valence-electron chi connectivity index (χ2n) is 7.84. The summed E-state index contributed by atoms with van der Waals surface area (Å²) in [6.45, 7) is 2.35. The van der Waals surface area contributed by atoms with Crippen LogP contribution >= 0.6 is 23.4 Å². The molecule has 2 aliphatic rings. The highest BCUT2D eigenvalue weighted by molar-refractivity contribution is 7.98. The third-order valence-corrected chi connectivity index (χ3v) is 6.99. The first-order chi connectivity index (χ1) is 15.0. The lowest BCUT2D eigenvalue weighted by Gasteiger charge is -2.19. The topological polar surface area (TPSA) is 67.2 Å². The van der Waals surface area contributed by atoms with Crippen molar-refractivity contribution in [3.8, 4) is 5.69 Å². The van der Waals surface area contributed by atoms with E-state index in [-0.39, 0.29) is 18.2 Å². The van der Waals surface area contributed by atoms with Crippen molar-refractivity contribution in [2.24, 2.45) is 5.92 Å². The molecule has 8 heteroatoms. The van der Waals surface area contributed by atoms with Gasteiger partial charge < -0.3 is 10.2 Å². The molecule has 0 spiro atoms. The third-order valence-electron chi connectivity index (χ3n) is 5.77. The summed E-state index contributed by atoms with van der Waals surface area (Å²) < 4.78 is 1.77. The van der Waals surface area contributed by atoms with E-state index in [1.807, 2.05) is 43.3 Å². The van der Waals surface area contributed by atoms with Gasteiger partial charge >= 0.3 is 0 Å². The molecule has 2 amide bonds. The summed E-state index contributed by atoms with van der Waals surface area (Å²) in [7, 11) is 0. The minimum absolute atomic E-state index is 0.0264. The Morgan fingerprint density at radius 3 is 2.71 bits per heavy atom. The number of aromatic nitrogens is 2. The van der Waals surface area contributed by atoms with E-state index >= 15 is 0 Å². The predicted molar refractivity (Wildman–Crippen MR) is 124 cm³/mol. The van der Waals surface area contributed by atoms with E-state index in [1.165, 1.54) is 0 Å². The number of halogens is 1. The van der Waals surface area contributed by atoms with Gasteiger partial charge in [0.2, 0.25) is 11.8 Å². The number of nitrogens with one attached hydrogen (secondary N) is 1. The number of amides is 2. The third kappa shape index (κ3) is 3.72. The smallest absolute Gasteiger partial charge is 0.230 e. The van der Waals surface area contributed by atoms with E-state index in [0.717, 1.165) is 39.7 Å². The van der Waals surface area contributed by atoms with Gasteiger partial charge in [0.15, 0.2) is 0 Å². The maximum absolute atomic E-state index is 13.2. The Kier molecular flexibility index (Phi) is 5.24. The van der Waals surface area contributed by atoms with Gasteiger partial charge in [-0.1, -0.05) is 29.8 Å². The lowest BCUT2D eigenvalue weighted by Crippen LogP contribution is -2.29. The minimum atomic E-state index is -0.412. The molecule has 1 fully saturated rings. The van der Waals surface area contributed by atoms with Crippen LogP contribution < -0.4 is 10.2 Å². The Bertz CT molecular complexity index is 1170. The first-order valence-electron chi connectivity index (χ1n) is 10.1. The van der Waals surface area contributed by atoms with Crippen LogP contribution in [0.4, 0.5) is 11.5 Å². The highest BCUT2D eigenvalue weighted by Crippen LogP contribution is 2.37. The van der Waals surface area contributed by atoms with E-state index < -0.39 is 5.92 Å². The van der Waals surface area contributed by atoms with Crippen LogP contribution in [0.25, 0.3) is 5.69 Å². The molecule has 1 atom stereocenters. The normalized spacial score (nSPS) is 17.8. The summed E-state index contributed by atoms with van der Waals surface area (Å²) in [6, 6.07) is 15.1. The van der Waals surface area contributed by atoms with Gasteiger partial charge in [-0.2, -0.15) is 16.9 Å². The maximum Gasteiger partial charge on any atom is 0.230 e. The highest BCUT2D eigenvalue weighted by atomic mass is 35.5. The summed E-state index contributed by atoms with van der Waals surface area (Å²) in [5.74, 6) is 1.72. The molecule has 0 radical (unpaired) electrons. The van der Waals surface area contributed by atoms with Crippen molar-refractivity contribution >= 4 is 46.7 Å². The number of thioether (sulfide) groups is 1. The van der Waals surface area contributed by atoms with Gasteiger partial charge in [-0.15, -0.1) is 0 Å². The fourth-order valence-electron chi connectivity index (χ4n) is 4.11. The van der Waals surface area contributed by atoms with Gasteiger partial charge in [-0.05, 0) is 42.8 Å². The Labute approximate surface area is 189 Å². The second-order valence-corrected chi connectivity index (χ2v) is 9.26. The molecule has 3 aromatic rings. The molecule has 1 unspecified atom stereocenters. The number of benzene rings is 2. The SMILES string of the molecule is Cc1ccccc1N1CC(C(=O)Nc2c3c(nn2-c2ccc(Cl)cc2)CSC3)CC1=O. The number of rotatable bonds is 4. The van der Waals surface area contributed by atoms with Gasteiger partial charge in [0.25, 0.3) is 0 Å². The molecule has 5 rings (SSSR count). The van der Waals surface area contributed by atoms with Crippen LogP contribution in [0.1, 0.15) is 23.2 Å². The Balaban J connectivity index is 1.40. The van der Waals surface area contributed by atoms with Gasteiger partial charge in [-0.3, -0.25) is 9.59 Å². The fraction of sp³-hybridized carbons (Fsp3) is 0.261. The van der Waals surface area contributed by atoms with E-state index in [4.69, 9.17) is 16.7 Å². The van der Waals surface area contributed by atoms with Gasteiger partial charge in [-0.25, -0.2) is 4.68 Å². The Morgan fingerprint density at radius 1 is 1.16 bits per heavy atom. The predicted octanol–water partition coefficient (Wildman–Crippen LogP) is 4.57. The largest absolute Gasteiger partial charge is 0.311 e. The van der Waals surface area contributed by atoms with Crippen molar-refractivity contribution < 1.29 is 9.59 Å². The molecule has 158 valence electrons. The van der Waals surface area contributed by atoms with Crippen molar-refractivity contribution in [2.75, 3.05) is 16.8 Å². The molecule has 2 aliphatic heterocycles. The summed E-state index contributed by atoms with van der Waals surface area (Å²) in [6.07, 6.45) is 0.201. The standard InChI is InChI=1S/C23H21ClN4O2S/c1-14-4-2-3-5-20(14)27-11-15(10-21(27)29)23(30)25-22-18-12-31-13-19(18)26-28(22)17-8-6-16(24)7-9-17/h2-9,15H,10-13H2,1H3,(H,25,30). The summed E-state index contributed by atoms with van der Waals surface area (Å²) in [5, 5.41) is 8.45. The van der Waals surface area contributed by atoms with Crippen LogP contribution in [0.3, 0.4) is 0 Å². The number of para-hydroxylation sites is 1. The number of anilines is 2. The van der Waals surface area contributed by atoms with Crippen LogP contribution in [-0.2, 0) is 21.1 Å². The van der Waals surface area contributed by atoms with Crippen molar-refractivity contribution in [1.82, 2.24) is 9.78 Å². The molecule has 0 aliphatic carbocycles. The lowest BCUT2D eigenvalue weighted by atomic mass is 10.1. The Morgan fingerprint density at radius 2 is 1.94 bits per heavy atom. The maximum atomic E-state index is 13.2. The summed E-state index contributed by atoms with van der Waals surface area (Å²) in [5.41, 5.74) is 4.76. The number of carbonyl (C=O) groups is 2. The number of carbonyl (C=O) groups excluding carboxylic acids is 2. The fourth-order valence-corrected chi connectivity index (χ4v) is 5.27. The summed E-state index contributed by atoms with van der Waals surface area (Å²) in [4.78, 5) is 27.6. The summed E-state index contributed by atoms with van der Waals surface area (Å²) >= 11 is 7.81. The minimum Gasteiger partial charge on any atom is -0.311 e. The average molecular weight is 453 g/mol. The van der Waals surface area contributed by atoms with Crippen LogP contribution in [0.5, 0.6) is 0 Å². The van der Waals surface area contributed by atoms with Gasteiger partial charge in [0.05, 0.1) is 17.3 Å². The highest BCUT2D eigenvalue weighted by Gasteiger charge is 2.36. The number of fused-ring (bicyclic) bond motifs is 1. The molecule has 1 saturated heterocycles. The molecule has 31 heavy (non-hydrogen) atoms. The van der Waals surface area contributed by atoms with E-state index in [0.29, 0.717) is 17.4 Å². The van der Waals surface area contributed by atoms with Crippen LogP contribution in [0.2, 0.25) is 5.02 Å². The number of hydrogen-bond acceptors (Lipinski definition) is 4. The zero-order valence-corrected chi connectivity index (χ0v) is 18.5. The lowest BCUT2D eigenvalue weighted by molar-refractivity contribution is -0.122. The molecular weight excluding hydrogens is 432 g/mol.